The summed E-state index contributed by atoms with van der Waals surface area (Å²) in [6.45, 7) is 15.5. The van der Waals surface area contributed by atoms with Gasteiger partial charge in [-0.15, -0.1) is 0 Å². The van der Waals surface area contributed by atoms with Crippen molar-refractivity contribution in [2.24, 2.45) is 0 Å². The van der Waals surface area contributed by atoms with E-state index >= 15 is 0 Å². The molecule has 380 valence electrons. The van der Waals surface area contributed by atoms with E-state index in [4.69, 9.17) is 27.8 Å². The Bertz CT molecular complexity index is 2820. The molecule has 0 bridgehead atoms. The van der Waals surface area contributed by atoms with E-state index in [1.807, 2.05) is 84.9 Å². The van der Waals surface area contributed by atoms with Crippen molar-refractivity contribution >= 4 is 54.6 Å². The Balaban J connectivity index is 1.16. The molecule has 0 saturated heterocycles. The van der Waals surface area contributed by atoms with E-state index in [1.54, 1.807) is 105 Å². The molecule has 0 aliphatic heterocycles. The van der Waals surface area contributed by atoms with Gasteiger partial charge >= 0.3 is 22.1 Å². The second kappa shape index (κ2) is 25.1. The van der Waals surface area contributed by atoms with Crippen molar-refractivity contribution in [3.8, 4) is 0 Å². The van der Waals surface area contributed by atoms with Gasteiger partial charge in [0, 0.05) is 32.6 Å². The smallest absolute Gasteiger partial charge is 0.300 e. The lowest BCUT2D eigenvalue weighted by molar-refractivity contribution is -0.0698. The summed E-state index contributed by atoms with van der Waals surface area (Å²) in [4.78, 5) is 42.6. The van der Waals surface area contributed by atoms with Crippen LogP contribution >= 0.6 is 22.1 Å². The van der Waals surface area contributed by atoms with Crippen molar-refractivity contribution in [2.45, 2.75) is 68.4 Å². The lowest BCUT2D eigenvalue weighted by Crippen LogP contribution is -2.29. The molecule has 0 radical (unpaired) electrons. The lowest BCUT2D eigenvalue weighted by Gasteiger charge is -2.23. The third-order valence-corrected chi connectivity index (χ3v) is 18.9. The van der Waals surface area contributed by atoms with Crippen LogP contribution in [0.1, 0.15) is 81.1 Å². The van der Waals surface area contributed by atoms with Gasteiger partial charge in [0.25, 0.3) is 16.6 Å². The van der Waals surface area contributed by atoms with Crippen molar-refractivity contribution in [3.63, 3.8) is 0 Å². The zero-order valence-electron chi connectivity index (χ0n) is 42.6. The molecule has 0 aromatic heterocycles. The van der Waals surface area contributed by atoms with Gasteiger partial charge in [0.2, 0.25) is 0 Å². The highest BCUT2D eigenvalue weighted by Gasteiger charge is 2.40. The summed E-state index contributed by atoms with van der Waals surface area (Å²) in [5.41, 5.74) is 6.25. The third-order valence-electron chi connectivity index (χ3n) is 12.1. The maximum atomic E-state index is 14.8. The molecule has 3 unspecified atom stereocenters. The highest BCUT2D eigenvalue weighted by atomic mass is 31.2. The lowest BCUT2D eigenvalue weighted by atomic mass is 10.0. The minimum atomic E-state index is -4.16. The van der Waals surface area contributed by atoms with E-state index in [2.05, 4.69) is 0 Å². The monoisotopic (exact) mass is 1030 g/mol. The zero-order chi connectivity index (χ0) is 52.2. The molecule has 72 heavy (non-hydrogen) atoms. The van der Waals surface area contributed by atoms with Crippen LogP contribution in [0.4, 0.5) is 0 Å². The van der Waals surface area contributed by atoms with Crippen molar-refractivity contribution in [1.29, 1.82) is 0 Å². The molecular formula is C57H65O12P3. The Hall–Kier alpha value is -5.22. The second-order valence-corrected chi connectivity index (χ2v) is 24.9. The zero-order valence-corrected chi connectivity index (χ0v) is 45.3. The Morgan fingerprint density at radius 2 is 0.625 bits per heavy atom. The van der Waals surface area contributed by atoms with Gasteiger partial charge in [0.15, 0.2) is 0 Å². The van der Waals surface area contributed by atoms with E-state index in [0.717, 1.165) is 16.7 Å². The van der Waals surface area contributed by atoms with Gasteiger partial charge in [0.1, 0.15) is 6.10 Å². The first-order chi connectivity index (χ1) is 34.3. The summed E-state index contributed by atoms with van der Waals surface area (Å²) in [5.74, 6) is 0. The van der Waals surface area contributed by atoms with Crippen LogP contribution in [0.2, 0.25) is 0 Å². The predicted octanol–water partition coefficient (Wildman–Crippen LogP) is 11.6. The fourth-order valence-corrected chi connectivity index (χ4v) is 15.2. The van der Waals surface area contributed by atoms with Crippen LogP contribution in [-0.4, -0.2) is 75.5 Å². The maximum Gasteiger partial charge on any atom is 0.300 e. The Morgan fingerprint density at radius 3 is 0.889 bits per heavy atom. The summed E-state index contributed by atoms with van der Waals surface area (Å²) < 4.78 is 80.6. The van der Waals surface area contributed by atoms with Crippen molar-refractivity contribution < 1.29 is 55.9 Å². The standard InChI is InChI=1S/C57H65O12P3/c1-39-31-42(4)52(43(5)32-39)55(58)70(61,49-19-13-10-14-20-49)67-28-25-64-37-48(66-27-30-69-72(63,51-23-17-12-18-24-51)57(60)54-46(8)35-41(3)36-47(54)9)38-65-26-29-68-71(62,50-21-15-11-16-22-50)56(59)53-44(6)33-40(2)34-45(53)7/h10-24,31-36,48H,25-30,37-38H2,1-9H3. The quantitative estimate of drug-likeness (QED) is 0.0375. The molecular weight excluding hydrogens is 970 g/mol. The highest BCUT2D eigenvalue weighted by molar-refractivity contribution is 7.84. The average molecular weight is 1040 g/mol. The molecule has 0 amide bonds. The number of carbonyl (C=O) groups excluding carboxylic acids is 3. The van der Waals surface area contributed by atoms with Crippen LogP contribution < -0.4 is 15.9 Å². The number of hydrogen-bond donors (Lipinski definition) is 0. The largest absolute Gasteiger partial charge is 0.376 e. The number of rotatable bonds is 26. The van der Waals surface area contributed by atoms with E-state index in [0.29, 0.717) is 50.1 Å². The minimum Gasteiger partial charge on any atom is -0.376 e. The minimum absolute atomic E-state index is 0.0893. The maximum absolute atomic E-state index is 14.8. The second-order valence-electron chi connectivity index (χ2n) is 18.0. The molecule has 0 spiro atoms. The molecule has 0 saturated carbocycles. The van der Waals surface area contributed by atoms with Gasteiger partial charge in [-0.25, -0.2) is 0 Å². The first-order valence-corrected chi connectivity index (χ1v) is 28.7. The van der Waals surface area contributed by atoms with Crippen LogP contribution in [0.25, 0.3) is 0 Å². The third kappa shape index (κ3) is 13.3. The van der Waals surface area contributed by atoms with Gasteiger partial charge in [-0.05, 0) is 132 Å². The van der Waals surface area contributed by atoms with Crippen LogP contribution in [0, 0.1) is 62.3 Å². The summed E-state index contributed by atoms with van der Waals surface area (Å²) in [6.07, 6.45) is -0.803. The average Bonchev–Trinajstić information content (AvgIpc) is 3.34. The van der Waals surface area contributed by atoms with E-state index < -0.39 is 44.8 Å². The Kier molecular flexibility index (Phi) is 19.6. The normalized spacial score (nSPS) is 14.5. The molecule has 0 aliphatic carbocycles. The van der Waals surface area contributed by atoms with Gasteiger partial charge in [0.05, 0.1) is 52.9 Å². The molecule has 6 aromatic carbocycles. The van der Waals surface area contributed by atoms with E-state index in [9.17, 15) is 28.1 Å². The van der Waals surface area contributed by atoms with Crippen LogP contribution in [0.15, 0.2) is 127 Å². The summed E-state index contributed by atoms with van der Waals surface area (Å²) >= 11 is 0. The molecule has 3 atom stereocenters. The van der Waals surface area contributed by atoms with Gasteiger partial charge in [-0.3, -0.25) is 28.1 Å². The van der Waals surface area contributed by atoms with E-state index in [1.165, 1.54) is 0 Å². The molecule has 6 rings (SSSR count). The van der Waals surface area contributed by atoms with Crippen molar-refractivity contribution in [1.82, 2.24) is 0 Å². The molecule has 6 aromatic rings. The predicted molar refractivity (Wildman–Crippen MR) is 285 cm³/mol. The van der Waals surface area contributed by atoms with E-state index in [-0.39, 0.29) is 68.8 Å². The summed E-state index contributed by atoms with van der Waals surface area (Å²) in [5, 5.41) is 0.760. The molecule has 0 N–H and O–H groups in total. The van der Waals surface area contributed by atoms with Crippen molar-refractivity contribution in [2.75, 3.05) is 52.9 Å². The molecule has 0 fully saturated rings. The number of aryl methyl sites for hydroxylation is 9. The first kappa shape index (κ1) is 56.1. The number of carbonyl (C=O) groups is 3. The topological polar surface area (TPSA) is 158 Å². The Morgan fingerprint density at radius 1 is 0.375 bits per heavy atom. The van der Waals surface area contributed by atoms with Crippen molar-refractivity contribution in [3.05, 3.63) is 194 Å². The highest BCUT2D eigenvalue weighted by Crippen LogP contribution is 2.52. The molecule has 0 aliphatic rings. The fraction of sp³-hybridized carbons (Fsp3) is 0.316. The fourth-order valence-electron chi connectivity index (χ4n) is 9.02. The first-order valence-electron chi connectivity index (χ1n) is 23.9. The van der Waals surface area contributed by atoms with Gasteiger partial charge in [-0.2, -0.15) is 0 Å². The van der Waals surface area contributed by atoms with Crippen LogP contribution in [-0.2, 0) is 41.5 Å². The van der Waals surface area contributed by atoms with Gasteiger partial charge in [-0.1, -0.05) is 108 Å². The van der Waals surface area contributed by atoms with Crippen LogP contribution in [0.5, 0.6) is 0 Å². The number of hydrogen-bond acceptors (Lipinski definition) is 12. The SMILES string of the molecule is Cc1cc(C)c(C(=O)P(=O)(OCCOCC(COCCOP(=O)(C(=O)c2c(C)cc(C)cc2C)c2ccccc2)OCCOP(=O)(C(=O)c2c(C)cc(C)cc2C)c2ccccc2)c2ccccc2)c(C)c1. The van der Waals surface area contributed by atoms with Crippen LogP contribution in [0.3, 0.4) is 0 Å². The molecule has 15 heteroatoms. The van der Waals surface area contributed by atoms with Gasteiger partial charge < -0.3 is 27.8 Å². The molecule has 12 nitrogen and oxygen atoms in total. The molecule has 0 heterocycles. The number of benzene rings is 6. The Labute approximate surface area is 424 Å². The summed E-state index contributed by atoms with van der Waals surface area (Å²) in [7, 11) is -12.4. The number of ether oxygens (including phenoxy) is 3. The summed E-state index contributed by atoms with van der Waals surface area (Å²) in [6, 6.07) is 36.3.